The predicted octanol–water partition coefficient (Wildman–Crippen LogP) is 5.39. The Labute approximate surface area is 186 Å². The molecule has 1 aliphatic rings. The number of rotatable bonds is 7. The largest absolute Gasteiger partial charge is 0.484 e. The van der Waals surface area contributed by atoms with Crippen molar-refractivity contribution >= 4 is 35.1 Å². The van der Waals surface area contributed by atoms with E-state index < -0.39 is 18.7 Å². The highest BCUT2D eigenvalue weighted by atomic mass is 32.2. The van der Waals surface area contributed by atoms with Gasteiger partial charge in [0.05, 0.1) is 10.1 Å². The average Bonchev–Trinajstić information content (AvgIpc) is 2.77. The third-order valence-corrected chi connectivity index (χ3v) is 7.14. The summed E-state index contributed by atoms with van der Waals surface area (Å²) in [6.07, 6.45) is -3.29. The molecule has 0 aromatic heterocycles. The number of thioether (sulfide) groups is 2. The molecule has 0 spiro atoms. The summed E-state index contributed by atoms with van der Waals surface area (Å²) >= 11 is 3.84. The van der Waals surface area contributed by atoms with Crippen molar-refractivity contribution in [1.29, 1.82) is 5.26 Å². The Kier molecular flexibility index (Phi) is 7.98. The van der Waals surface area contributed by atoms with Crippen LogP contribution >= 0.6 is 23.5 Å². The number of nitrogens with zero attached hydrogens (tertiary/aromatic N) is 1. The molecule has 0 atom stereocenters. The number of halogens is 3. The average molecular weight is 469 g/mol. The van der Waals surface area contributed by atoms with E-state index in [1.807, 2.05) is 47.8 Å². The summed E-state index contributed by atoms with van der Waals surface area (Å²) in [5, 5.41) is 11.7. The van der Waals surface area contributed by atoms with Crippen molar-refractivity contribution in [3.63, 3.8) is 0 Å². The number of carbonyl (C=O) groups is 1. The lowest BCUT2D eigenvalue weighted by Gasteiger charge is -2.21. The predicted molar refractivity (Wildman–Crippen MR) is 116 cm³/mol. The van der Waals surface area contributed by atoms with Crippen LogP contribution in [0, 0.1) is 11.3 Å². The van der Waals surface area contributed by atoms with Gasteiger partial charge in [-0.3, -0.25) is 4.79 Å². The van der Waals surface area contributed by atoms with Crippen molar-refractivity contribution in [2.75, 3.05) is 30.0 Å². The number of benzene rings is 2. The van der Waals surface area contributed by atoms with Gasteiger partial charge in [0.1, 0.15) is 17.6 Å². The molecule has 0 bridgehead atoms. The molecule has 10 heteroatoms. The fourth-order valence-electron chi connectivity index (χ4n) is 2.73. The summed E-state index contributed by atoms with van der Waals surface area (Å²) in [5.41, 5.74) is 1.35. The smallest absolute Gasteiger partial charge is 0.422 e. The van der Waals surface area contributed by atoms with Crippen LogP contribution in [0.2, 0.25) is 0 Å². The normalized spacial score (nSPS) is 14.5. The lowest BCUT2D eigenvalue weighted by Crippen LogP contribution is -2.21. The molecule has 1 fully saturated rings. The minimum absolute atomic E-state index is 0.114. The zero-order chi connectivity index (χ0) is 22.3. The Balaban J connectivity index is 1.51. The number of alkyl halides is 3. The minimum Gasteiger partial charge on any atom is -0.484 e. The highest BCUT2D eigenvalue weighted by molar-refractivity contribution is 8.16. The zero-order valence-electron chi connectivity index (χ0n) is 16.3. The maximum absolute atomic E-state index is 12.3. The number of hydrogen-bond acceptors (Lipinski definition) is 6. The van der Waals surface area contributed by atoms with Crippen molar-refractivity contribution in [1.82, 2.24) is 0 Å². The lowest BCUT2D eigenvalue weighted by atomic mass is 10.2. The summed E-state index contributed by atoms with van der Waals surface area (Å²) in [5.74, 6) is 2.19. The van der Waals surface area contributed by atoms with Crippen LogP contribution in [0.15, 0.2) is 42.5 Å². The second-order valence-corrected chi connectivity index (χ2v) is 9.28. The lowest BCUT2D eigenvalue weighted by molar-refractivity contribution is -0.153. The van der Waals surface area contributed by atoms with Crippen LogP contribution in [-0.2, 0) is 4.79 Å². The first-order valence-corrected chi connectivity index (χ1v) is 11.4. The third kappa shape index (κ3) is 7.29. The second kappa shape index (κ2) is 10.7. The van der Waals surface area contributed by atoms with Crippen LogP contribution in [0.4, 0.5) is 18.9 Å². The molecule has 1 aliphatic heterocycles. The molecule has 3 rings (SSSR count). The molecule has 1 saturated heterocycles. The van der Waals surface area contributed by atoms with Crippen molar-refractivity contribution in [3.05, 3.63) is 53.6 Å². The van der Waals surface area contributed by atoms with Gasteiger partial charge in [0.2, 0.25) is 0 Å². The Morgan fingerprint density at radius 2 is 1.84 bits per heavy atom. The highest BCUT2D eigenvalue weighted by Gasteiger charge is 2.29. The number of anilines is 1. The van der Waals surface area contributed by atoms with E-state index in [-0.39, 0.29) is 23.6 Å². The summed E-state index contributed by atoms with van der Waals surface area (Å²) in [7, 11) is 0. The van der Waals surface area contributed by atoms with Gasteiger partial charge < -0.3 is 14.8 Å². The summed E-state index contributed by atoms with van der Waals surface area (Å²) < 4.78 is 47.4. The summed E-state index contributed by atoms with van der Waals surface area (Å²) in [6.45, 7) is -1.75. The van der Waals surface area contributed by atoms with Crippen LogP contribution in [0.5, 0.6) is 11.5 Å². The van der Waals surface area contributed by atoms with E-state index in [0.29, 0.717) is 10.3 Å². The molecule has 2 aromatic rings. The Bertz CT molecular complexity index is 940. The maximum Gasteiger partial charge on any atom is 0.422 e. The standard InChI is InChI=1S/C21H19F3N2O3S2/c22-21(23,24)13-29-18-7-4-16(10-15(18)11-25)26-19(27)12-28-17-5-2-14(3-6-17)20-30-8-1-9-31-20/h2-7,10,20H,1,8-9,12-13H2,(H,26,27). The van der Waals surface area contributed by atoms with Gasteiger partial charge in [-0.15, -0.1) is 23.5 Å². The van der Waals surface area contributed by atoms with Crippen LogP contribution in [0.1, 0.15) is 22.1 Å². The fourth-order valence-corrected chi connectivity index (χ4v) is 5.62. The second-order valence-electron chi connectivity index (χ2n) is 6.56. The monoisotopic (exact) mass is 468 g/mol. The van der Waals surface area contributed by atoms with Crippen molar-refractivity contribution in [2.45, 2.75) is 17.2 Å². The number of amides is 1. The first-order valence-electron chi connectivity index (χ1n) is 9.33. The quantitative estimate of drug-likeness (QED) is 0.588. The first-order chi connectivity index (χ1) is 14.8. The zero-order valence-corrected chi connectivity index (χ0v) is 17.9. The van der Waals surface area contributed by atoms with E-state index in [1.54, 1.807) is 6.07 Å². The van der Waals surface area contributed by atoms with E-state index in [9.17, 15) is 18.0 Å². The van der Waals surface area contributed by atoms with Crippen LogP contribution in [0.3, 0.4) is 0 Å². The van der Waals surface area contributed by atoms with E-state index in [2.05, 4.69) is 10.1 Å². The summed E-state index contributed by atoms with van der Waals surface area (Å²) in [6, 6.07) is 13.2. The molecule has 164 valence electrons. The molecule has 0 saturated carbocycles. The molecule has 0 radical (unpaired) electrons. The van der Waals surface area contributed by atoms with Crippen molar-refractivity contribution < 1.29 is 27.4 Å². The topological polar surface area (TPSA) is 71.4 Å². The molecule has 0 aliphatic carbocycles. The SMILES string of the molecule is N#Cc1cc(NC(=O)COc2ccc(C3SCCCS3)cc2)ccc1OCC(F)(F)F. The van der Waals surface area contributed by atoms with E-state index in [4.69, 9.17) is 10.00 Å². The van der Waals surface area contributed by atoms with Crippen LogP contribution in [-0.4, -0.2) is 36.8 Å². The molecule has 5 nitrogen and oxygen atoms in total. The fraction of sp³-hybridized carbons (Fsp3) is 0.333. The van der Waals surface area contributed by atoms with Gasteiger partial charge in [-0.05, 0) is 53.8 Å². The van der Waals surface area contributed by atoms with Gasteiger partial charge >= 0.3 is 6.18 Å². The molecular formula is C21H19F3N2O3S2. The number of nitriles is 1. The van der Waals surface area contributed by atoms with Gasteiger partial charge in [-0.2, -0.15) is 18.4 Å². The Morgan fingerprint density at radius 3 is 2.48 bits per heavy atom. The molecule has 1 heterocycles. The van der Waals surface area contributed by atoms with Gasteiger partial charge in [0.15, 0.2) is 13.2 Å². The number of ether oxygens (including phenoxy) is 2. The van der Waals surface area contributed by atoms with E-state index in [0.717, 1.165) is 11.5 Å². The van der Waals surface area contributed by atoms with E-state index >= 15 is 0 Å². The van der Waals surface area contributed by atoms with Crippen molar-refractivity contribution in [2.24, 2.45) is 0 Å². The number of nitrogens with one attached hydrogen (secondary N) is 1. The molecule has 31 heavy (non-hydrogen) atoms. The summed E-state index contributed by atoms with van der Waals surface area (Å²) in [4.78, 5) is 12.1. The van der Waals surface area contributed by atoms with Crippen molar-refractivity contribution in [3.8, 4) is 17.6 Å². The van der Waals surface area contributed by atoms with Gasteiger partial charge in [0, 0.05) is 5.69 Å². The molecule has 2 aromatic carbocycles. The highest BCUT2D eigenvalue weighted by Crippen LogP contribution is 2.43. The minimum atomic E-state index is -4.51. The van der Waals surface area contributed by atoms with Gasteiger partial charge in [0.25, 0.3) is 5.91 Å². The maximum atomic E-state index is 12.3. The third-order valence-electron chi connectivity index (χ3n) is 4.12. The molecule has 1 amide bonds. The Morgan fingerprint density at radius 1 is 1.13 bits per heavy atom. The molecule has 0 unspecified atom stereocenters. The Hall–Kier alpha value is -2.51. The number of carbonyl (C=O) groups excluding carboxylic acids is 1. The molecule has 1 N–H and O–H groups in total. The van der Waals surface area contributed by atoms with Gasteiger partial charge in [-0.1, -0.05) is 12.1 Å². The van der Waals surface area contributed by atoms with Gasteiger partial charge in [-0.25, -0.2) is 0 Å². The van der Waals surface area contributed by atoms with Crippen LogP contribution in [0.25, 0.3) is 0 Å². The number of hydrogen-bond donors (Lipinski definition) is 1. The molecular weight excluding hydrogens is 449 g/mol. The van der Waals surface area contributed by atoms with E-state index in [1.165, 1.54) is 30.2 Å². The first kappa shape index (κ1) is 23.2. The van der Waals surface area contributed by atoms with Crippen LogP contribution < -0.4 is 14.8 Å².